The molecule has 0 radical (unpaired) electrons. The molecule has 0 aromatic heterocycles. The highest BCUT2D eigenvalue weighted by Gasteiger charge is 2.41. The lowest BCUT2D eigenvalue weighted by molar-refractivity contribution is -0.122. The van der Waals surface area contributed by atoms with Crippen LogP contribution < -0.4 is 10.3 Å². The monoisotopic (exact) mass is 301 g/mol. The van der Waals surface area contributed by atoms with Crippen molar-refractivity contribution in [2.75, 3.05) is 19.0 Å². The van der Waals surface area contributed by atoms with E-state index in [2.05, 4.69) is 22.4 Å². The number of nitrogens with one attached hydrogen (secondary N) is 1. The van der Waals surface area contributed by atoms with Crippen LogP contribution >= 0.6 is 0 Å². The van der Waals surface area contributed by atoms with E-state index in [1.807, 2.05) is 38.4 Å². The van der Waals surface area contributed by atoms with Crippen LogP contribution in [-0.4, -0.2) is 26.2 Å². The Balaban J connectivity index is 1.72. The summed E-state index contributed by atoms with van der Waals surface area (Å²) in [6, 6.07) is 8.06. The third kappa shape index (κ3) is 4.86. The lowest BCUT2D eigenvalue weighted by Crippen LogP contribution is -2.20. The highest BCUT2D eigenvalue weighted by atomic mass is 16.2. The molecule has 1 aromatic rings. The Morgan fingerprint density at radius 1 is 1.32 bits per heavy atom. The second kappa shape index (κ2) is 7.97. The van der Waals surface area contributed by atoms with Crippen molar-refractivity contribution in [1.29, 1.82) is 0 Å². The maximum atomic E-state index is 12.0. The Kier molecular flexibility index (Phi) is 5.99. The Hall–Kier alpha value is -1.84. The molecule has 1 aliphatic rings. The molecular weight excluding hydrogens is 274 g/mol. The fraction of sp³-hybridized carbons (Fsp3) is 0.556. The van der Waals surface area contributed by atoms with E-state index in [0.717, 1.165) is 17.7 Å². The van der Waals surface area contributed by atoms with Crippen molar-refractivity contribution in [3.8, 4) is 0 Å². The van der Waals surface area contributed by atoms with Gasteiger partial charge in [-0.25, -0.2) is 5.43 Å². The summed E-state index contributed by atoms with van der Waals surface area (Å²) in [6.07, 6.45) is 7.66. The molecule has 1 fully saturated rings. The molecule has 4 heteroatoms. The van der Waals surface area contributed by atoms with Crippen LogP contribution in [0.4, 0.5) is 5.69 Å². The molecule has 4 nitrogen and oxygen atoms in total. The zero-order chi connectivity index (χ0) is 15.9. The SMILES string of the molecule is CCCCC[C@@H]1C[C@@H]1C(=O)N/N=C\c1ccc(N(C)C)cc1. The predicted octanol–water partition coefficient (Wildman–Crippen LogP) is 3.42. The van der Waals surface area contributed by atoms with Crippen LogP contribution in [0.5, 0.6) is 0 Å². The lowest BCUT2D eigenvalue weighted by atomic mass is 10.1. The number of anilines is 1. The van der Waals surface area contributed by atoms with Gasteiger partial charge in [-0.2, -0.15) is 5.10 Å². The van der Waals surface area contributed by atoms with Gasteiger partial charge in [0.15, 0.2) is 0 Å². The number of carbonyl (C=O) groups is 1. The number of hydrogen-bond donors (Lipinski definition) is 1. The quantitative estimate of drug-likeness (QED) is 0.454. The Morgan fingerprint density at radius 2 is 2.05 bits per heavy atom. The summed E-state index contributed by atoms with van der Waals surface area (Å²) in [7, 11) is 4.02. The van der Waals surface area contributed by atoms with Gasteiger partial charge in [-0.15, -0.1) is 0 Å². The van der Waals surface area contributed by atoms with Crippen molar-refractivity contribution in [2.45, 2.75) is 39.0 Å². The predicted molar refractivity (Wildman–Crippen MR) is 92.2 cm³/mol. The fourth-order valence-electron chi connectivity index (χ4n) is 2.66. The highest BCUT2D eigenvalue weighted by molar-refractivity contribution is 5.85. The first-order valence-electron chi connectivity index (χ1n) is 8.22. The van der Waals surface area contributed by atoms with Crippen molar-refractivity contribution >= 4 is 17.8 Å². The molecule has 0 spiro atoms. The van der Waals surface area contributed by atoms with E-state index in [4.69, 9.17) is 0 Å². The van der Waals surface area contributed by atoms with Gasteiger partial charge in [0.1, 0.15) is 0 Å². The van der Waals surface area contributed by atoms with E-state index in [1.165, 1.54) is 25.7 Å². The van der Waals surface area contributed by atoms with Gasteiger partial charge < -0.3 is 4.90 Å². The summed E-state index contributed by atoms with van der Waals surface area (Å²) >= 11 is 0. The van der Waals surface area contributed by atoms with E-state index >= 15 is 0 Å². The zero-order valence-electron chi connectivity index (χ0n) is 13.9. The van der Waals surface area contributed by atoms with Crippen LogP contribution in [0.2, 0.25) is 0 Å². The van der Waals surface area contributed by atoms with Gasteiger partial charge >= 0.3 is 0 Å². The Labute approximate surface area is 133 Å². The lowest BCUT2D eigenvalue weighted by Gasteiger charge is -2.11. The van der Waals surface area contributed by atoms with Crippen molar-refractivity contribution in [2.24, 2.45) is 16.9 Å². The van der Waals surface area contributed by atoms with Crippen LogP contribution in [0.3, 0.4) is 0 Å². The molecule has 1 aromatic carbocycles. The van der Waals surface area contributed by atoms with E-state index in [0.29, 0.717) is 5.92 Å². The van der Waals surface area contributed by atoms with Gasteiger partial charge in [-0.1, -0.05) is 38.3 Å². The van der Waals surface area contributed by atoms with Crippen LogP contribution in [0.25, 0.3) is 0 Å². The third-order valence-electron chi connectivity index (χ3n) is 4.24. The minimum atomic E-state index is 0.0719. The van der Waals surface area contributed by atoms with Gasteiger partial charge in [0.25, 0.3) is 0 Å². The maximum absolute atomic E-state index is 12.0. The largest absolute Gasteiger partial charge is 0.378 e. The van der Waals surface area contributed by atoms with Gasteiger partial charge in [0.2, 0.25) is 5.91 Å². The van der Waals surface area contributed by atoms with Crippen molar-refractivity contribution < 1.29 is 4.79 Å². The topological polar surface area (TPSA) is 44.7 Å². The van der Waals surface area contributed by atoms with Crippen LogP contribution in [0, 0.1) is 11.8 Å². The first-order valence-corrected chi connectivity index (χ1v) is 8.22. The molecule has 2 rings (SSSR count). The van der Waals surface area contributed by atoms with Crippen molar-refractivity contribution in [1.82, 2.24) is 5.43 Å². The highest BCUT2D eigenvalue weighted by Crippen LogP contribution is 2.42. The molecule has 0 saturated heterocycles. The molecule has 1 N–H and O–H groups in total. The van der Waals surface area contributed by atoms with E-state index in [-0.39, 0.29) is 11.8 Å². The van der Waals surface area contributed by atoms with Crippen molar-refractivity contribution in [3.05, 3.63) is 29.8 Å². The number of nitrogens with zero attached hydrogens (tertiary/aromatic N) is 2. The number of carbonyl (C=O) groups excluding carboxylic acids is 1. The molecule has 0 bridgehead atoms. The summed E-state index contributed by atoms with van der Waals surface area (Å²) in [5.41, 5.74) is 4.81. The molecular formula is C18H27N3O. The van der Waals surface area contributed by atoms with Gasteiger partial charge in [-0.3, -0.25) is 4.79 Å². The minimum absolute atomic E-state index is 0.0719. The molecule has 0 heterocycles. The van der Waals surface area contributed by atoms with Crippen LogP contribution in [-0.2, 0) is 4.79 Å². The first-order chi connectivity index (χ1) is 10.6. The number of unbranched alkanes of at least 4 members (excludes halogenated alkanes) is 2. The second-order valence-electron chi connectivity index (χ2n) is 6.32. The summed E-state index contributed by atoms with van der Waals surface area (Å²) in [5, 5.41) is 4.07. The molecule has 1 saturated carbocycles. The fourth-order valence-corrected chi connectivity index (χ4v) is 2.66. The number of hydrazone groups is 1. The third-order valence-corrected chi connectivity index (χ3v) is 4.24. The number of benzene rings is 1. The van der Waals surface area contributed by atoms with Crippen LogP contribution in [0.1, 0.15) is 44.6 Å². The normalized spacial score (nSPS) is 20.1. The summed E-state index contributed by atoms with van der Waals surface area (Å²) in [5.74, 6) is 0.842. The van der Waals surface area contributed by atoms with E-state index in [9.17, 15) is 4.79 Å². The molecule has 2 atom stereocenters. The minimum Gasteiger partial charge on any atom is -0.378 e. The molecule has 0 aliphatic heterocycles. The average molecular weight is 301 g/mol. The summed E-state index contributed by atoms with van der Waals surface area (Å²) < 4.78 is 0. The van der Waals surface area contributed by atoms with E-state index in [1.54, 1.807) is 6.21 Å². The Bertz CT molecular complexity index is 508. The number of rotatable bonds is 8. The van der Waals surface area contributed by atoms with Gasteiger partial charge in [0.05, 0.1) is 6.21 Å². The summed E-state index contributed by atoms with van der Waals surface area (Å²) in [4.78, 5) is 14.0. The summed E-state index contributed by atoms with van der Waals surface area (Å²) in [6.45, 7) is 2.21. The van der Waals surface area contributed by atoms with E-state index < -0.39 is 0 Å². The molecule has 1 aliphatic carbocycles. The van der Waals surface area contributed by atoms with Crippen LogP contribution in [0.15, 0.2) is 29.4 Å². The molecule has 1 amide bonds. The van der Waals surface area contributed by atoms with Gasteiger partial charge in [0, 0.05) is 25.7 Å². The molecule has 22 heavy (non-hydrogen) atoms. The molecule has 120 valence electrons. The zero-order valence-corrected chi connectivity index (χ0v) is 13.9. The second-order valence-corrected chi connectivity index (χ2v) is 6.32. The Morgan fingerprint density at radius 3 is 2.68 bits per heavy atom. The van der Waals surface area contributed by atoms with Crippen molar-refractivity contribution in [3.63, 3.8) is 0 Å². The number of amides is 1. The standard InChI is InChI=1S/C18H27N3O/c1-4-5-6-7-15-12-17(15)18(22)20-19-13-14-8-10-16(11-9-14)21(2)3/h8-11,13,15,17H,4-7,12H2,1-3H3,(H,20,22)/b19-13-/t15-,17+/m1/s1. The maximum Gasteiger partial charge on any atom is 0.243 e. The first kappa shape index (κ1) is 16.5. The smallest absolute Gasteiger partial charge is 0.243 e. The number of hydrogen-bond acceptors (Lipinski definition) is 3. The molecule has 0 unspecified atom stereocenters. The average Bonchev–Trinajstić information content (AvgIpc) is 3.27. The van der Waals surface area contributed by atoms with Gasteiger partial charge in [-0.05, 0) is 36.5 Å².